The van der Waals surface area contributed by atoms with Crippen molar-refractivity contribution >= 4 is 12.0 Å². The van der Waals surface area contributed by atoms with Crippen LogP contribution in [0, 0.1) is 16.7 Å². The summed E-state index contributed by atoms with van der Waals surface area (Å²) in [5.41, 5.74) is -1.07. The number of carbonyl (C=O) groups excluding carboxylic acids is 1. The van der Waals surface area contributed by atoms with Crippen molar-refractivity contribution in [1.29, 1.82) is 5.26 Å². The van der Waals surface area contributed by atoms with Crippen molar-refractivity contribution in [3.63, 3.8) is 0 Å². The molecule has 2 saturated heterocycles. The maximum Gasteiger partial charge on any atom is 0.407 e. The maximum absolute atomic E-state index is 12.5. The Labute approximate surface area is 111 Å². The highest BCUT2D eigenvalue weighted by atomic mass is 16.5. The van der Waals surface area contributed by atoms with E-state index in [0.29, 0.717) is 26.3 Å². The fourth-order valence-electron chi connectivity index (χ4n) is 2.52. The van der Waals surface area contributed by atoms with Gasteiger partial charge in [0.05, 0.1) is 19.3 Å². The molecule has 2 rings (SSSR count). The molecule has 0 bridgehead atoms. The molecule has 2 fully saturated rings. The molecular formula is C12H17N3O4. The van der Waals surface area contributed by atoms with E-state index in [-0.39, 0.29) is 31.8 Å². The molecule has 7 nitrogen and oxygen atoms in total. The zero-order valence-electron chi connectivity index (χ0n) is 10.7. The van der Waals surface area contributed by atoms with E-state index in [1.54, 1.807) is 4.90 Å². The normalized spacial score (nSPS) is 22.7. The molecule has 2 aliphatic heterocycles. The molecule has 2 amide bonds. The molecule has 0 atom stereocenters. The van der Waals surface area contributed by atoms with Gasteiger partial charge in [-0.25, -0.2) is 4.79 Å². The number of ether oxygens (including phenoxy) is 1. The SMILES string of the molecule is N#CC1(C(=O)N2CCOCC2)CCN(C(=O)O)CC1. The van der Waals surface area contributed by atoms with Gasteiger partial charge in [-0.1, -0.05) is 0 Å². The van der Waals surface area contributed by atoms with Crippen molar-refractivity contribution in [1.82, 2.24) is 9.80 Å². The summed E-state index contributed by atoms with van der Waals surface area (Å²) in [5, 5.41) is 18.3. The number of morpholine rings is 1. The molecule has 0 aromatic carbocycles. The van der Waals surface area contributed by atoms with Crippen LogP contribution in [-0.2, 0) is 9.53 Å². The van der Waals surface area contributed by atoms with Gasteiger partial charge in [0.1, 0.15) is 5.41 Å². The molecule has 0 aliphatic carbocycles. The zero-order chi connectivity index (χ0) is 13.9. The summed E-state index contributed by atoms with van der Waals surface area (Å²) in [5.74, 6) is -0.177. The summed E-state index contributed by atoms with van der Waals surface area (Å²) in [6.07, 6.45) is -0.455. The van der Waals surface area contributed by atoms with E-state index in [2.05, 4.69) is 6.07 Å². The minimum absolute atomic E-state index is 0.177. The quantitative estimate of drug-likeness (QED) is 0.728. The van der Waals surface area contributed by atoms with E-state index < -0.39 is 11.5 Å². The summed E-state index contributed by atoms with van der Waals surface area (Å²) in [6, 6.07) is 2.12. The molecule has 0 saturated carbocycles. The smallest absolute Gasteiger partial charge is 0.407 e. The molecule has 1 N–H and O–H groups in total. The first-order chi connectivity index (χ1) is 9.09. The van der Waals surface area contributed by atoms with E-state index in [1.165, 1.54) is 4.90 Å². The number of carboxylic acid groups (broad SMARTS) is 1. The molecule has 104 valence electrons. The Kier molecular flexibility index (Phi) is 3.90. The number of likely N-dealkylation sites (tertiary alicyclic amines) is 1. The van der Waals surface area contributed by atoms with Gasteiger partial charge < -0.3 is 19.6 Å². The number of nitriles is 1. The second-order valence-electron chi connectivity index (χ2n) is 4.87. The second kappa shape index (κ2) is 5.45. The van der Waals surface area contributed by atoms with Gasteiger partial charge in [-0.15, -0.1) is 0 Å². The Morgan fingerprint density at radius 3 is 2.16 bits per heavy atom. The van der Waals surface area contributed by atoms with Crippen molar-refractivity contribution < 1.29 is 19.4 Å². The largest absolute Gasteiger partial charge is 0.465 e. The molecule has 0 aromatic heterocycles. The monoisotopic (exact) mass is 267 g/mol. The van der Waals surface area contributed by atoms with Crippen LogP contribution in [0.25, 0.3) is 0 Å². The zero-order valence-corrected chi connectivity index (χ0v) is 10.7. The van der Waals surface area contributed by atoms with E-state index in [1.807, 2.05) is 0 Å². The van der Waals surface area contributed by atoms with Crippen LogP contribution in [0.3, 0.4) is 0 Å². The Hall–Kier alpha value is -1.81. The number of rotatable bonds is 1. The molecule has 2 heterocycles. The Morgan fingerprint density at radius 1 is 1.11 bits per heavy atom. The third-order valence-electron chi connectivity index (χ3n) is 3.81. The van der Waals surface area contributed by atoms with Gasteiger partial charge in [-0.05, 0) is 12.8 Å². The highest BCUT2D eigenvalue weighted by molar-refractivity contribution is 5.86. The van der Waals surface area contributed by atoms with E-state index >= 15 is 0 Å². The van der Waals surface area contributed by atoms with Gasteiger partial charge in [0.25, 0.3) is 0 Å². The highest BCUT2D eigenvalue weighted by Crippen LogP contribution is 2.33. The predicted molar refractivity (Wildman–Crippen MR) is 64.3 cm³/mol. The van der Waals surface area contributed by atoms with Crippen molar-refractivity contribution in [3.05, 3.63) is 0 Å². The minimum atomic E-state index is -1.07. The number of nitrogens with zero attached hydrogens (tertiary/aromatic N) is 3. The molecule has 19 heavy (non-hydrogen) atoms. The Morgan fingerprint density at radius 2 is 1.68 bits per heavy atom. The lowest BCUT2D eigenvalue weighted by atomic mass is 9.78. The summed E-state index contributed by atoms with van der Waals surface area (Å²) in [6.45, 7) is 2.47. The predicted octanol–water partition coefficient (Wildman–Crippen LogP) is 0.129. The minimum Gasteiger partial charge on any atom is -0.465 e. The average molecular weight is 267 g/mol. The molecular weight excluding hydrogens is 250 g/mol. The lowest BCUT2D eigenvalue weighted by molar-refractivity contribution is -0.145. The fourth-order valence-corrected chi connectivity index (χ4v) is 2.52. The van der Waals surface area contributed by atoms with Crippen LogP contribution in [0.2, 0.25) is 0 Å². The summed E-state index contributed by atoms with van der Waals surface area (Å²) < 4.78 is 5.19. The molecule has 2 aliphatic rings. The van der Waals surface area contributed by atoms with E-state index in [9.17, 15) is 14.9 Å². The Bertz CT molecular complexity index is 404. The van der Waals surface area contributed by atoms with Crippen LogP contribution in [0.1, 0.15) is 12.8 Å². The Balaban J connectivity index is 2.05. The molecule has 0 spiro atoms. The first-order valence-corrected chi connectivity index (χ1v) is 6.35. The molecule has 7 heteroatoms. The van der Waals surface area contributed by atoms with Crippen LogP contribution < -0.4 is 0 Å². The second-order valence-corrected chi connectivity index (χ2v) is 4.87. The van der Waals surface area contributed by atoms with E-state index in [0.717, 1.165) is 0 Å². The van der Waals surface area contributed by atoms with Gasteiger partial charge in [0.15, 0.2) is 0 Å². The first kappa shape index (κ1) is 13.6. The van der Waals surface area contributed by atoms with E-state index in [4.69, 9.17) is 9.84 Å². The topological polar surface area (TPSA) is 93.9 Å². The van der Waals surface area contributed by atoms with Crippen LogP contribution in [0.4, 0.5) is 4.79 Å². The highest BCUT2D eigenvalue weighted by Gasteiger charge is 2.45. The van der Waals surface area contributed by atoms with Gasteiger partial charge in [-0.2, -0.15) is 5.26 Å². The third-order valence-corrected chi connectivity index (χ3v) is 3.81. The van der Waals surface area contributed by atoms with Crippen molar-refractivity contribution in [2.45, 2.75) is 12.8 Å². The summed E-state index contributed by atoms with van der Waals surface area (Å²) in [7, 11) is 0. The number of piperidine rings is 1. The van der Waals surface area contributed by atoms with Crippen molar-refractivity contribution in [2.24, 2.45) is 5.41 Å². The van der Waals surface area contributed by atoms with Crippen LogP contribution in [0.15, 0.2) is 0 Å². The fraction of sp³-hybridized carbons (Fsp3) is 0.750. The van der Waals surface area contributed by atoms with Crippen molar-refractivity contribution in [2.75, 3.05) is 39.4 Å². The van der Waals surface area contributed by atoms with Gasteiger partial charge >= 0.3 is 6.09 Å². The average Bonchev–Trinajstić information content (AvgIpc) is 2.47. The third kappa shape index (κ3) is 2.63. The number of hydrogen-bond donors (Lipinski definition) is 1. The van der Waals surface area contributed by atoms with Crippen LogP contribution >= 0.6 is 0 Å². The summed E-state index contributed by atoms with van der Waals surface area (Å²) >= 11 is 0. The lowest BCUT2D eigenvalue weighted by Crippen LogP contribution is -2.53. The first-order valence-electron chi connectivity index (χ1n) is 6.35. The number of hydrogen-bond acceptors (Lipinski definition) is 4. The summed E-state index contributed by atoms with van der Waals surface area (Å²) in [4.78, 5) is 26.2. The molecule has 0 unspecified atom stereocenters. The van der Waals surface area contributed by atoms with Crippen LogP contribution in [-0.4, -0.2) is 66.3 Å². The van der Waals surface area contributed by atoms with Crippen molar-refractivity contribution in [3.8, 4) is 6.07 Å². The lowest BCUT2D eigenvalue weighted by Gasteiger charge is -2.39. The maximum atomic E-state index is 12.5. The molecule has 0 aromatic rings. The standard InChI is InChI=1S/C12H17N3O4/c13-9-12(1-3-15(4-2-12)11(17)18)10(16)14-5-7-19-8-6-14/h1-8H2,(H,17,18). The van der Waals surface area contributed by atoms with Gasteiger partial charge in [0, 0.05) is 26.2 Å². The molecule has 0 radical (unpaired) electrons. The van der Waals surface area contributed by atoms with Gasteiger partial charge in [-0.3, -0.25) is 4.79 Å². The number of carbonyl (C=O) groups is 2. The number of amides is 2. The van der Waals surface area contributed by atoms with Crippen LogP contribution in [0.5, 0.6) is 0 Å². The van der Waals surface area contributed by atoms with Gasteiger partial charge in [0.2, 0.25) is 5.91 Å².